The second-order valence-corrected chi connectivity index (χ2v) is 5.67. The van der Waals surface area contributed by atoms with Crippen LogP contribution in [-0.2, 0) is 0 Å². The number of ether oxygens (including phenoxy) is 1. The van der Waals surface area contributed by atoms with Crippen molar-refractivity contribution in [3.05, 3.63) is 29.2 Å². The van der Waals surface area contributed by atoms with E-state index < -0.39 is 0 Å². The van der Waals surface area contributed by atoms with E-state index in [1.54, 1.807) is 18.5 Å². The molecule has 0 saturated carbocycles. The lowest BCUT2D eigenvalue weighted by atomic mass is 10.0. The summed E-state index contributed by atoms with van der Waals surface area (Å²) in [4.78, 5) is 8.45. The lowest BCUT2D eigenvalue weighted by Crippen LogP contribution is -2.10. The number of fused-ring (bicyclic) bond motifs is 1. The van der Waals surface area contributed by atoms with E-state index in [-0.39, 0.29) is 6.04 Å². The Hall–Kier alpha value is -1.08. The van der Waals surface area contributed by atoms with Crippen molar-refractivity contribution in [2.75, 3.05) is 12.4 Å². The topological polar surface area (TPSA) is 81.3 Å². The van der Waals surface area contributed by atoms with Crippen LogP contribution in [0.5, 0.6) is 5.88 Å². The van der Waals surface area contributed by atoms with Crippen molar-refractivity contribution in [1.82, 2.24) is 9.97 Å². The molecule has 0 radical (unpaired) electrons. The summed E-state index contributed by atoms with van der Waals surface area (Å²) in [6.45, 7) is 2.51. The SMILES string of the molecule is CCC(N)c1cnc(OCCCSO)c2cnc(Cl)cc12. The number of nitrogens with two attached hydrogens (primary N) is 1. The third kappa shape index (κ3) is 3.97. The Labute approximate surface area is 133 Å². The lowest BCUT2D eigenvalue weighted by molar-refractivity contribution is 0.310. The molecule has 5 nitrogen and oxygen atoms in total. The second-order valence-electron chi connectivity index (χ2n) is 4.62. The summed E-state index contributed by atoms with van der Waals surface area (Å²) in [7, 11) is 0. The smallest absolute Gasteiger partial charge is 0.222 e. The molecule has 2 rings (SSSR count). The van der Waals surface area contributed by atoms with Crippen LogP contribution in [0.25, 0.3) is 10.8 Å². The van der Waals surface area contributed by atoms with Gasteiger partial charge in [-0.2, -0.15) is 0 Å². The molecule has 1 unspecified atom stereocenters. The Morgan fingerprint density at radius 1 is 1.38 bits per heavy atom. The summed E-state index contributed by atoms with van der Waals surface area (Å²) in [5.41, 5.74) is 7.07. The maximum atomic E-state index is 8.70. The molecule has 0 saturated heterocycles. The Balaban J connectivity index is 2.35. The summed E-state index contributed by atoms with van der Waals surface area (Å²) in [6.07, 6.45) is 4.95. The molecule has 0 amide bonds. The largest absolute Gasteiger partial charge is 0.477 e. The molecule has 114 valence electrons. The van der Waals surface area contributed by atoms with Crippen molar-refractivity contribution in [1.29, 1.82) is 0 Å². The number of hydrogen-bond donors (Lipinski definition) is 2. The quantitative estimate of drug-likeness (QED) is 0.459. The standard InChI is InChI=1S/C14H18ClN3O2S/c1-2-12(16)10-7-18-14(20-4-3-5-21-19)11-8-17-13(15)6-9(10)11/h6-8,12,19H,2-5,16H2,1H3. The molecule has 1 atom stereocenters. The van der Waals surface area contributed by atoms with E-state index >= 15 is 0 Å². The number of pyridine rings is 2. The molecule has 0 spiro atoms. The third-order valence-corrected chi connectivity index (χ3v) is 3.87. The zero-order valence-electron chi connectivity index (χ0n) is 11.8. The maximum Gasteiger partial charge on any atom is 0.222 e. The number of hydrogen-bond acceptors (Lipinski definition) is 6. The minimum atomic E-state index is -0.0988. The van der Waals surface area contributed by atoms with Gasteiger partial charge in [0, 0.05) is 24.2 Å². The molecule has 0 aliphatic heterocycles. The molecule has 0 bridgehead atoms. The average molecular weight is 328 g/mol. The number of rotatable bonds is 7. The zero-order valence-corrected chi connectivity index (χ0v) is 13.3. The van der Waals surface area contributed by atoms with Crippen LogP contribution in [0.1, 0.15) is 31.4 Å². The van der Waals surface area contributed by atoms with Gasteiger partial charge in [0.25, 0.3) is 0 Å². The monoisotopic (exact) mass is 327 g/mol. The van der Waals surface area contributed by atoms with Crippen molar-refractivity contribution >= 4 is 34.4 Å². The fourth-order valence-corrected chi connectivity index (χ4v) is 2.43. The summed E-state index contributed by atoms with van der Waals surface area (Å²) in [5, 5.41) is 2.14. The summed E-state index contributed by atoms with van der Waals surface area (Å²) < 4.78 is 14.4. The van der Waals surface area contributed by atoms with Crippen LogP contribution in [0.2, 0.25) is 5.15 Å². The van der Waals surface area contributed by atoms with Crippen molar-refractivity contribution in [3.63, 3.8) is 0 Å². The Bertz CT molecular complexity index is 612. The molecule has 0 fully saturated rings. The molecule has 2 aromatic rings. The van der Waals surface area contributed by atoms with Crippen molar-refractivity contribution in [2.24, 2.45) is 5.73 Å². The van der Waals surface area contributed by atoms with Gasteiger partial charge >= 0.3 is 0 Å². The first-order chi connectivity index (χ1) is 10.2. The Kier molecular flexibility index (Phi) is 6.05. The molecule has 2 heterocycles. The van der Waals surface area contributed by atoms with Gasteiger partial charge in [-0.3, -0.25) is 0 Å². The van der Waals surface area contributed by atoms with Gasteiger partial charge in [-0.25, -0.2) is 9.97 Å². The molecule has 7 heteroatoms. The van der Waals surface area contributed by atoms with Gasteiger partial charge in [0.2, 0.25) is 5.88 Å². The van der Waals surface area contributed by atoms with Crippen molar-refractivity contribution < 1.29 is 9.29 Å². The molecule has 21 heavy (non-hydrogen) atoms. The summed E-state index contributed by atoms with van der Waals surface area (Å²) >= 11 is 6.80. The van der Waals surface area contributed by atoms with Gasteiger partial charge in [-0.05, 0) is 41.9 Å². The van der Waals surface area contributed by atoms with Gasteiger partial charge in [0.1, 0.15) is 5.15 Å². The van der Waals surface area contributed by atoms with Crippen LogP contribution in [0.3, 0.4) is 0 Å². The van der Waals surface area contributed by atoms with E-state index in [0.717, 1.165) is 41.2 Å². The first kappa shape index (κ1) is 16.3. The van der Waals surface area contributed by atoms with Gasteiger partial charge in [0.15, 0.2) is 0 Å². The van der Waals surface area contributed by atoms with Crippen molar-refractivity contribution in [2.45, 2.75) is 25.8 Å². The molecule has 2 aromatic heterocycles. The zero-order chi connectivity index (χ0) is 15.2. The molecule has 0 aromatic carbocycles. The predicted octanol–water partition coefficient (Wildman–Crippen LogP) is 3.67. The highest BCUT2D eigenvalue weighted by Gasteiger charge is 2.14. The van der Waals surface area contributed by atoms with Gasteiger partial charge in [0.05, 0.1) is 12.0 Å². The fraction of sp³-hybridized carbons (Fsp3) is 0.429. The Morgan fingerprint density at radius 3 is 2.90 bits per heavy atom. The van der Waals surface area contributed by atoms with Crippen LogP contribution >= 0.6 is 23.6 Å². The third-order valence-electron chi connectivity index (χ3n) is 3.19. The van der Waals surface area contributed by atoms with E-state index in [4.69, 9.17) is 26.6 Å². The van der Waals surface area contributed by atoms with Gasteiger partial charge in [-0.15, -0.1) is 0 Å². The van der Waals surface area contributed by atoms with E-state index in [1.807, 2.05) is 6.92 Å². The van der Waals surface area contributed by atoms with Crippen LogP contribution in [-0.4, -0.2) is 26.9 Å². The van der Waals surface area contributed by atoms with E-state index in [9.17, 15) is 0 Å². The first-order valence-corrected chi connectivity index (χ1v) is 8.08. The van der Waals surface area contributed by atoms with Crippen LogP contribution < -0.4 is 10.5 Å². The van der Waals surface area contributed by atoms with Gasteiger partial charge in [-0.1, -0.05) is 18.5 Å². The fourth-order valence-electron chi connectivity index (χ4n) is 2.03. The second kappa shape index (κ2) is 7.79. The number of halogens is 1. The normalized spacial score (nSPS) is 12.6. The van der Waals surface area contributed by atoms with E-state index in [1.165, 1.54) is 0 Å². The Morgan fingerprint density at radius 2 is 2.19 bits per heavy atom. The van der Waals surface area contributed by atoms with E-state index in [0.29, 0.717) is 23.4 Å². The highest BCUT2D eigenvalue weighted by atomic mass is 35.5. The first-order valence-electron chi connectivity index (χ1n) is 6.76. The maximum absolute atomic E-state index is 8.70. The molecular formula is C14H18ClN3O2S. The van der Waals surface area contributed by atoms with E-state index in [2.05, 4.69) is 9.97 Å². The highest BCUT2D eigenvalue weighted by Crippen LogP contribution is 2.31. The van der Waals surface area contributed by atoms with Crippen molar-refractivity contribution in [3.8, 4) is 5.88 Å². The highest BCUT2D eigenvalue weighted by molar-refractivity contribution is 7.93. The molecule has 3 N–H and O–H groups in total. The van der Waals surface area contributed by atoms with Crippen LogP contribution in [0.15, 0.2) is 18.5 Å². The minimum absolute atomic E-state index is 0.0988. The molecular weight excluding hydrogens is 310 g/mol. The number of aromatic nitrogens is 2. The summed E-state index contributed by atoms with van der Waals surface area (Å²) in [5.74, 6) is 1.14. The van der Waals surface area contributed by atoms with Crippen LogP contribution in [0.4, 0.5) is 0 Å². The average Bonchev–Trinajstić information content (AvgIpc) is 2.50. The van der Waals surface area contributed by atoms with Crippen LogP contribution in [0, 0.1) is 0 Å². The number of nitrogens with zero attached hydrogens (tertiary/aromatic N) is 2. The van der Waals surface area contributed by atoms with Gasteiger partial charge < -0.3 is 15.0 Å². The molecule has 0 aliphatic rings. The lowest BCUT2D eigenvalue weighted by Gasteiger charge is -2.15. The molecule has 0 aliphatic carbocycles. The minimum Gasteiger partial charge on any atom is -0.477 e. The predicted molar refractivity (Wildman–Crippen MR) is 87.0 cm³/mol. The summed E-state index contributed by atoms with van der Waals surface area (Å²) in [6, 6.07) is 1.69.